The van der Waals surface area contributed by atoms with Crippen molar-refractivity contribution < 1.29 is 6.17 Å². The highest BCUT2D eigenvalue weighted by Crippen LogP contribution is 2.02. The summed E-state index contributed by atoms with van der Waals surface area (Å²) >= 11 is 0. The quantitative estimate of drug-likeness (QED) is 0.493. The predicted octanol–water partition coefficient (Wildman–Crippen LogP) is 0.677. The van der Waals surface area contributed by atoms with Crippen molar-refractivity contribution in [2.24, 2.45) is 0 Å². The zero-order valence-electron chi connectivity index (χ0n) is 5.81. The van der Waals surface area contributed by atoms with Crippen molar-refractivity contribution in [1.29, 1.82) is 0 Å². The first kappa shape index (κ1) is 4.36. The molecule has 0 bridgehead atoms. The van der Waals surface area contributed by atoms with Gasteiger partial charge in [-0.3, -0.25) is 4.79 Å². The standard InChI is InChI=1S/C6H11NO/c8-6-4-2-1-3-5-7-6/h1-5H2,(H,7,8)/i4D. The van der Waals surface area contributed by atoms with E-state index in [0.717, 1.165) is 25.8 Å². The molecule has 1 rings (SSSR count). The third kappa shape index (κ3) is 1.52. The third-order valence-electron chi connectivity index (χ3n) is 1.26. The van der Waals surface area contributed by atoms with E-state index < -0.39 is 6.40 Å². The molecule has 0 radical (unpaired) electrons. The molecule has 1 amide bonds. The van der Waals surface area contributed by atoms with E-state index in [2.05, 4.69) is 5.32 Å². The molecular formula is C6H11NO. The van der Waals surface area contributed by atoms with Gasteiger partial charge in [0.1, 0.15) is 0 Å². The van der Waals surface area contributed by atoms with Crippen LogP contribution in [0.1, 0.15) is 27.0 Å². The fourth-order valence-electron chi connectivity index (χ4n) is 0.786. The molecule has 1 N–H and O–H groups in total. The molecule has 0 spiro atoms. The minimum atomic E-state index is -0.507. The highest BCUT2D eigenvalue weighted by atomic mass is 16.1. The Kier molecular flexibility index (Phi) is 1.47. The van der Waals surface area contributed by atoms with Crippen LogP contribution in [0.3, 0.4) is 0 Å². The van der Waals surface area contributed by atoms with Crippen molar-refractivity contribution in [2.75, 3.05) is 6.54 Å². The first-order valence-corrected chi connectivity index (χ1v) is 3.00. The van der Waals surface area contributed by atoms with Gasteiger partial charge in [0.15, 0.2) is 0 Å². The summed E-state index contributed by atoms with van der Waals surface area (Å²) < 4.78 is 7.21. The lowest BCUT2D eigenvalue weighted by Crippen LogP contribution is -2.21. The molecule has 0 aromatic carbocycles. The van der Waals surface area contributed by atoms with Crippen molar-refractivity contribution in [2.45, 2.75) is 25.7 Å². The molecular weight excluding hydrogens is 102 g/mol. The fraction of sp³-hybridized carbons (Fsp3) is 0.833. The van der Waals surface area contributed by atoms with E-state index >= 15 is 0 Å². The Hall–Kier alpha value is -0.530. The van der Waals surface area contributed by atoms with E-state index in [4.69, 9.17) is 1.37 Å². The summed E-state index contributed by atoms with van der Waals surface area (Å²) in [5.41, 5.74) is 0. The molecule has 0 aromatic rings. The largest absolute Gasteiger partial charge is 0.356 e. The lowest BCUT2D eigenvalue weighted by Gasteiger charge is -1.93. The zero-order chi connectivity index (χ0) is 6.69. The molecule has 0 aliphatic carbocycles. The minimum absolute atomic E-state index is 0.104. The topological polar surface area (TPSA) is 29.1 Å². The van der Waals surface area contributed by atoms with Crippen LogP contribution in [-0.4, -0.2) is 12.5 Å². The monoisotopic (exact) mass is 114 g/mol. The van der Waals surface area contributed by atoms with Gasteiger partial charge < -0.3 is 5.32 Å². The summed E-state index contributed by atoms with van der Waals surface area (Å²) in [6.07, 6.45) is 2.26. The van der Waals surface area contributed by atoms with E-state index in [1.807, 2.05) is 0 Å². The SMILES string of the molecule is [2H]C1CCCCNC1=O. The number of hydrogen-bond donors (Lipinski definition) is 1. The maximum atomic E-state index is 10.7. The molecule has 1 atom stereocenters. The van der Waals surface area contributed by atoms with Gasteiger partial charge in [-0.05, 0) is 12.8 Å². The zero-order valence-corrected chi connectivity index (χ0v) is 4.81. The lowest BCUT2D eigenvalue weighted by molar-refractivity contribution is -0.120. The van der Waals surface area contributed by atoms with Gasteiger partial charge in [0.2, 0.25) is 5.91 Å². The minimum Gasteiger partial charge on any atom is -0.356 e. The fourth-order valence-corrected chi connectivity index (χ4v) is 0.786. The van der Waals surface area contributed by atoms with E-state index in [0.29, 0.717) is 0 Å². The Labute approximate surface area is 50.7 Å². The van der Waals surface area contributed by atoms with Gasteiger partial charge in [-0.25, -0.2) is 0 Å². The van der Waals surface area contributed by atoms with Crippen LogP contribution in [-0.2, 0) is 4.79 Å². The van der Waals surface area contributed by atoms with Crippen LogP contribution < -0.4 is 5.32 Å². The van der Waals surface area contributed by atoms with Gasteiger partial charge in [-0.15, -0.1) is 0 Å². The second-order valence-corrected chi connectivity index (χ2v) is 1.99. The lowest BCUT2D eigenvalue weighted by atomic mass is 10.2. The number of nitrogens with one attached hydrogen (secondary N) is 1. The van der Waals surface area contributed by atoms with Crippen molar-refractivity contribution in [3.8, 4) is 0 Å². The highest BCUT2D eigenvalue weighted by Gasteiger charge is 2.03. The molecule has 1 aliphatic heterocycles. The Morgan fingerprint density at radius 3 is 3.25 bits per heavy atom. The van der Waals surface area contributed by atoms with Gasteiger partial charge in [0.25, 0.3) is 0 Å². The molecule has 0 aromatic heterocycles. The summed E-state index contributed by atoms with van der Waals surface area (Å²) in [7, 11) is 0. The molecule has 1 heterocycles. The number of hydrogen-bond acceptors (Lipinski definition) is 1. The molecule has 1 saturated heterocycles. The molecule has 0 saturated carbocycles. The highest BCUT2D eigenvalue weighted by molar-refractivity contribution is 5.75. The number of carbonyl (C=O) groups excluding carboxylic acids is 1. The molecule has 46 valence electrons. The Morgan fingerprint density at radius 1 is 1.50 bits per heavy atom. The van der Waals surface area contributed by atoms with Crippen LogP contribution in [0.5, 0.6) is 0 Å². The first-order valence-electron chi connectivity index (χ1n) is 3.58. The Bertz CT molecular complexity index is 116. The van der Waals surface area contributed by atoms with Crippen molar-refractivity contribution in [1.82, 2.24) is 5.32 Å². The van der Waals surface area contributed by atoms with Gasteiger partial charge in [-0.1, -0.05) is 6.42 Å². The Morgan fingerprint density at radius 2 is 2.38 bits per heavy atom. The third-order valence-corrected chi connectivity index (χ3v) is 1.26. The molecule has 2 nitrogen and oxygen atoms in total. The molecule has 1 unspecified atom stereocenters. The second kappa shape index (κ2) is 2.70. The van der Waals surface area contributed by atoms with Crippen LogP contribution in [0, 0.1) is 0 Å². The van der Waals surface area contributed by atoms with Crippen LogP contribution in [0.4, 0.5) is 0 Å². The Balaban J connectivity index is 2.41. The second-order valence-electron chi connectivity index (χ2n) is 1.99. The van der Waals surface area contributed by atoms with E-state index in [9.17, 15) is 4.79 Å². The average molecular weight is 114 g/mol. The number of amides is 1. The van der Waals surface area contributed by atoms with Crippen LogP contribution in [0.15, 0.2) is 0 Å². The van der Waals surface area contributed by atoms with Crippen LogP contribution >= 0.6 is 0 Å². The summed E-state index contributed by atoms with van der Waals surface area (Å²) in [4.78, 5) is 10.7. The van der Waals surface area contributed by atoms with Gasteiger partial charge >= 0.3 is 0 Å². The van der Waals surface area contributed by atoms with E-state index in [1.165, 1.54) is 0 Å². The predicted molar refractivity (Wildman–Crippen MR) is 31.5 cm³/mol. The summed E-state index contributed by atoms with van der Waals surface area (Å²) in [5, 5.41) is 2.67. The first-order chi connectivity index (χ1) is 4.30. The molecule has 8 heavy (non-hydrogen) atoms. The number of rotatable bonds is 0. The van der Waals surface area contributed by atoms with Crippen LogP contribution in [0.2, 0.25) is 0 Å². The molecule has 1 aliphatic rings. The normalized spacial score (nSPS) is 32.8. The van der Waals surface area contributed by atoms with Gasteiger partial charge in [0.05, 0.1) is 0 Å². The number of carbonyl (C=O) groups is 1. The molecule has 2 heteroatoms. The van der Waals surface area contributed by atoms with Gasteiger partial charge in [0, 0.05) is 14.3 Å². The summed E-state index contributed by atoms with van der Waals surface area (Å²) in [6, 6.07) is 0. The van der Waals surface area contributed by atoms with E-state index in [1.54, 1.807) is 0 Å². The average Bonchev–Trinajstić information content (AvgIpc) is 1.99. The smallest absolute Gasteiger partial charge is 0.219 e. The van der Waals surface area contributed by atoms with Crippen molar-refractivity contribution >= 4 is 5.91 Å². The van der Waals surface area contributed by atoms with Crippen molar-refractivity contribution in [3.63, 3.8) is 0 Å². The van der Waals surface area contributed by atoms with Crippen LogP contribution in [0.25, 0.3) is 0 Å². The summed E-state index contributed by atoms with van der Waals surface area (Å²) in [5.74, 6) is -0.104. The maximum Gasteiger partial charge on any atom is 0.219 e. The maximum absolute atomic E-state index is 10.7. The van der Waals surface area contributed by atoms with E-state index in [-0.39, 0.29) is 5.91 Å². The van der Waals surface area contributed by atoms with Crippen molar-refractivity contribution in [3.05, 3.63) is 0 Å². The van der Waals surface area contributed by atoms with Gasteiger partial charge in [-0.2, -0.15) is 0 Å². The molecule has 1 fully saturated rings. The summed E-state index contributed by atoms with van der Waals surface area (Å²) in [6.45, 7) is 0.758.